The van der Waals surface area contributed by atoms with Gasteiger partial charge in [0, 0.05) is 6.54 Å². The van der Waals surface area contributed by atoms with E-state index in [4.69, 9.17) is 9.29 Å². The van der Waals surface area contributed by atoms with Crippen LogP contribution in [0.15, 0.2) is 48.6 Å². The molecule has 0 radical (unpaired) electrons. The van der Waals surface area contributed by atoms with Crippen molar-refractivity contribution in [3.05, 3.63) is 48.6 Å². The minimum Gasteiger partial charge on any atom is -0.482 e. The zero-order chi connectivity index (χ0) is 14.9. The lowest BCUT2D eigenvalue weighted by Gasteiger charge is -2.42. The Morgan fingerprint density at radius 1 is 1.19 bits per heavy atom. The molecule has 5 nitrogen and oxygen atoms in total. The molecule has 0 saturated heterocycles. The molecule has 2 aliphatic rings. The largest absolute Gasteiger partial charge is 0.482 e. The molecular weight excluding hydrogens is 290 g/mol. The van der Waals surface area contributed by atoms with Crippen LogP contribution in [-0.2, 0) is 10.1 Å². The van der Waals surface area contributed by atoms with Gasteiger partial charge in [0.1, 0.15) is 11.9 Å². The van der Waals surface area contributed by atoms with Crippen molar-refractivity contribution in [3.8, 4) is 5.75 Å². The average Bonchev–Trinajstić information content (AvgIpc) is 2.45. The van der Waals surface area contributed by atoms with Gasteiger partial charge >= 0.3 is 0 Å². The van der Waals surface area contributed by atoms with Crippen LogP contribution in [0.1, 0.15) is 6.42 Å². The van der Waals surface area contributed by atoms with Gasteiger partial charge in [-0.1, -0.05) is 30.4 Å². The quantitative estimate of drug-likeness (QED) is 0.862. The number of para-hydroxylation sites is 2. The van der Waals surface area contributed by atoms with Crippen LogP contribution in [0.2, 0.25) is 0 Å². The number of allylic oxidation sites excluding steroid dienone is 2. The summed E-state index contributed by atoms with van der Waals surface area (Å²) in [6.07, 6.45) is 8.26. The van der Waals surface area contributed by atoms with Crippen LogP contribution >= 0.6 is 0 Å². The number of nitrogens with zero attached hydrogens (tertiary/aromatic N) is 1. The molecule has 1 aliphatic carbocycles. The van der Waals surface area contributed by atoms with E-state index in [0.717, 1.165) is 11.4 Å². The summed E-state index contributed by atoms with van der Waals surface area (Å²) in [4.78, 5) is 2.13. The van der Waals surface area contributed by atoms with Crippen molar-refractivity contribution in [3.63, 3.8) is 0 Å². The highest BCUT2D eigenvalue weighted by molar-refractivity contribution is 7.85. The van der Waals surface area contributed by atoms with E-state index in [-0.39, 0.29) is 17.9 Å². The van der Waals surface area contributed by atoms with Crippen LogP contribution in [0.3, 0.4) is 0 Å². The van der Waals surface area contributed by atoms with E-state index >= 15 is 0 Å². The number of fused-ring (bicyclic) bond motifs is 2. The Morgan fingerprint density at radius 3 is 2.76 bits per heavy atom. The van der Waals surface area contributed by atoms with Gasteiger partial charge < -0.3 is 9.64 Å². The van der Waals surface area contributed by atoms with Crippen molar-refractivity contribution in [2.24, 2.45) is 0 Å². The maximum atomic E-state index is 10.9. The summed E-state index contributed by atoms with van der Waals surface area (Å²) in [5, 5.41) is 0. The SMILES string of the molecule is O=S(=O)(O)CCCN1c2ccccc2OC2C=CC=CC21. The second-order valence-electron chi connectivity index (χ2n) is 5.14. The molecule has 2 atom stereocenters. The van der Waals surface area contributed by atoms with E-state index in [0.29, 0.717) is 13.0 Å². The van der Waals surface area contributed by atoms with E-state index < -0.39 is 10.1 Å². The summed E-state index contributed by atoms with van der Waals surface area (Å²) in [7, 11) is -3.92. The summed E-state index contributed by atoms with van der Waals surface area (Å²) in [6, 6.07) is 7.77. The Labute approximate surface area is 124 Å². The van der Waals surface area contributed by atoms with E-state index in [9.17, 15) is 8.42 Å². The Hall–Kier alpha value is -1.79. The van der Waals surface area contributed by atoms with Gasteiger partial charge in [0.25, 0.3) is 10.1 Å². The first kappa shape index (κ1) is 14.2. The molecule has 6 heteroatoms. The van der Waals surface area contributed by atoms with Gasteiger partial charge in [-0.25, -0.2) is 0 Å². The van der Waals surface area contributed by atoms with E-state index in [1.807, 2.05) is 48.6 Å². The third-order valence-electron chi connectivity index (χ3n) is 3.66. The monoisotopic (exact) mass is 307 g/mol. The minimum atomic E-state index is -3.92. The molecule has 1 aliphatic heterocycles. The second kappa shape index (κ2) is 5.54. The van der Waals surface area contributed by atoms with Crippen LogP contribution in [-0.4, -0.2) is 37.4 Å². The molecule has 3 rings (SSSR count). The second-order valence-corrected chi connectivity index (χ2v) is 6.72. The van der Waals surface area contributed by atoms with Crippen LogP contribution < -0.4 is 9.64 Å². The fourth-order valence-electron chi connectivity index (χ4n) is 2.75. The van der Waals surface area contributed by atoms with Gasteiger partial charge in [-0.05, 0) is 24.6 Å². The predicted molar refractivity (Wildman–Crippen MR) is 81.3 cm³/mol. The molecule has 21 heavy (non-hydrogen) atoms. The number of hydrogen-bond donors (Lipinski definition) is 1. The summed E-state index contributed by atoms with van der Waals surface area (Å²) in [6.45, 7) is 0.541. The van der Waals surface area contributed by atoms with Crippen molar-refractivity contribution in [2.45, 2.75) is 18.6 Å². The molecule has 1 aromatic carbocycles. The zero-order valence-corrected chi connectivity index (χ0v) is 12.2. The van der Waals surface area contributed by atoms with Gasteiger partial charge in [0.05, 0.1) is 17.5 Å². The third-order valence-corrected chi connectivity index (χ3v) is 4.46. The molecule has 1 N–H and O–H groups in total. The van der Waals surface area contributed by atoms with Gasteiger partial charge in [0.15, 0.2) is 0 Å². The van der Waals surface area contributed by atoms with Gasteiger partial charge in [-0.15, -0.1) is 0 Å². The van der Waals surface area contributed by atoms with Crippen molar-refractivity contribution in [2.75, 3.05) is 17.2 Å². The van der Waals surface area contributed by atoms with Crippen LogP contribution in [0.4, 0.5) is 5.69 Å². The smallest absolute Gasteiger partial charge is 0.264 e. The highest BCUT2D eigenvalue weighted by atomic mass is 32.2. The average molecular weight is 307 g/mol. The van der Waals surface area contributed by atoms with Crippen LogP contribution in [0, 0.1) is 0 Å². The first-order chi connectivity index (χ1) is 10.0. The molecule has 0 amide bonds. The van der Waals surface area contributed by atoms with E-state index in [1.54, 1.807) is 0 Å². The number of anilines is 1. The standard InChI is InChI=1S/C15H17NO4S/c17-21(18,19)11-5-10-16-12-6-1-3-8-14(12)20-15-9-4-2-7-13(15)16/h1-4,6-9,12,14H,5,10-11H2,(H,17,18,19). The lowest BCUT2D eigenvalue weighted by atomic mass is 10.00. The van der Waals surface area contributed by atoms with Gasteiger partial charge in [0.2, 0.25) is 0 Å². The summed E-state index contributed by atoms with van der Waals surface area (Å²) < 4.78 is 36.6. The predicted octanol–water partition coefficient (Wildman–Crippen LogP) is 2.03. The number of rotatable bonds is 4. The zero-order valence-electron chi connectivity index (χ0n) is 11.4. The summed E-state index contributed by atoms with van der Waals surface area (Å²) in [5.41, 5.74) is 0.953. The number of benzene rings is 1. The molecule has 0 spiro atoms. The Balaban J connectivity index is 1.84. The molecule has 2 unspecified atom stereocenters. The van der Waals surface area contributed by atoms with E-state index in [2.05, 4.69) is 4.90 Å². The molecule has 0 aromatic heterocycles. The highest BCUT2D eigenvalue weighted by Gasteiger charge is 2.33. The van der Waals surface area contributed by atoms with Crippen molar-refractivity contribution in [1.82, 2.24) is 0 Å². The molecule has 0 bridgehead atoms. The van der Waals surface area contributed by atoms with Crippen LogP contribution in [0.5, 0.6) is 5.75 Å². The molecular formula is C15H17NO4S. The minimum absolute atomic E-state index is 0.0475. The molecule has 1 heterocycles. The third kappa shape index (κ3) is 3.11. The van der Waals surface area contributed by atoms with Crippen LogP contribution in [0.25, 0.3) is 0 Å². The number of hydrogen-bond acceptors (Lipinski definition) is 4. The van der Waals surface area contributed by atoms with Crippen molar-refractivity contribution in [1.29, 1.82) is 0 Å². The van der Waals surface area contributed by atoms with Crippen molar-refractivity contribution >= 4 is 15.8 Å². The molecule has 0 saturated carbocycles. The molecule has 1 aromatic rings. The van der Waals surface area contributed by atoms with Crippen molar-refractivity contribution < 1.29 is 17.7 Å². The first-order valence-corrected chi connectivity index (χ1v) is 8.48. The van der Waals surface area contributed by atoms with E-state index in [1.165, 1.54) is 0 Å². The fourth-order valence-corrected chi connectivity index (χ4v) is 3.25. The first-order valence-electron chi connectivity index (χ1n) is 6.87. The maximum Gasteiger partial charge on any atom is 0.264 e. The molecule has 112 valence electrons. The van der Waals surface area contributed by atoms with Gasteiger partial charge in [-0.2, -0.15) is 8.42 Å². The lowest BCUT2D eigenvalue weighted by molar-refractivity contribution is 0.211. The Morgan fingerprint density at radius 2 is 1.95 bits per heavy atom. The normalized spacial score (nSPS) is 23.4. The van der Waals surface area contributed by atoms with Gasteiger partial charge in [-0.3, -0.25) is 4.55 Å². The fraction of sp³-hybridized carbons (Fsp3) is 0.333. The summed E-state index contributed by atoms with van der Waals surface area (Å²) >= 11 is 0. The summed E-state index contributed by atoms with van der Waals surface area (Å²) in [5.74, 6) is 0.564. The lowest BCUT2D eigenvalue weighted by Crippen LogP contribution is -2.49. The number of ether oxygens (including phenoxy) is 1. The maximum absolute atomic E-state index is 10.9. The highest BCUT2D eigenvalue weighted by Crippen LogP contribution is 2.37. The topological polar surface area (TPSA) is 66.8 Å². The molecule has 0 fully saturated rings. The Bertz CT molecular complexity index is 681. The Kier molecular flexibility index (Phi) is 3.73.